The average Bonchev–Trinajstić information content (AvgIpc) is 3.14. The summed E-state index contributed by atoms with van der Waals surface area (Å²) in [5.41, 5.74) is 3.65. The molecule has 0 bridgehead atoms. The number of benzene rings is 1. The third-order valence-electron chi connectivity index (χ3n) is 3.31. The van der Waals surface area contributed by atoms with Crippen LogP contribution in [-0.2, 0) is 11.3 Å². The predicted octanol–water partition coefficient (Wildman–Crippen LogP) is 3.17. The first-order chi connectivity index (χ1) is 12.6. The van der Waals surface area contributed by atoms with E-state index in [1.807, 2.05) is 42.6 Å². The number of methoxy groups -OCH3 is 2. The van der Waals surface area contributed by atoms with Gasteiger partial charge in [0, 0.05) is 18.0 Å². The molecule has 2 rings (SSSR count). The van der Waals surface area contributed by atoms with E-state index in [0.29, 0.717) is 29.8 Å². The summed E-state index contributed by atoms with van der Waals surface area (Å²) in [5.74, 6) is 1.34. The molecule has 1 heterocycles. The van der Waals surface area contributed by atoms with Crippen molar-refractivity contribution in [2.75, 3.05) is 20.8 Å². The lowest BCUT2D eigenvalue weighted by molar-refractivity contribution is 0.179. The fraction of sp³-hybridized carbons (Fsp3) is 0.333. The maximum atomic E-state index is 5.82. The van der Waals surface area contributed by atoms with Crippen molar-refractivity contribution in [2.45, 2.75) is 19.6 Å². The number of hydrazone groups is 1. The molecule has 1 atom stereocenters. The van der Waals surface area contributed by atoms with Crippen LogP contribution in [0.2, 0.25) is 0 Å². The Labute approximate surface area is 163 Å². The molecule has 0 unspecified atom stereocenters. The van der Waals surface area contributed by atoms with Crippen LogP contribution in [-0.4, -0.2) is 38.2 Å². The summed E-state index contributed by atoms with van der Waals surface area (Å²) in [5, 5.41) is 9.66. The first kappa shape index (κ1) is 20.2. The quantitative estimate of drug-likeness (QED) is 0.388. The van der Waals surface area contributed by atoms with Gasteiger partial charge in [-0.25, -0.2) is 0 Å². The molecule has 0 radical (unpaired) electrons. The van der Waals surface area contributed by atoms with E-state index in [1.54, 1.807) is 31.8 Å². The molecular weight excluding hydrogens is 370 g/mol. The Hall–Kier alpha value is -2.16. The number of thiocarbonyl (C=S) groups is 1. The number of hydrogen-bond acceptors (Lipinski definition) is 6. The molecule has 1 aromatic carbocycles. The van der Waals surface area contributed by atoms with Gasteiger partial charge in [0.2, 0.25) is 0 Å². The van der Waals surface area contributed by atoms with Gasteiger partial charge in [0.1, 0.15) is 6.61 Å². The normalized spacial score (nSPS) is 12.0. The standard InChI is InChI=1S/C18H23N3O3S2/c1-13(11-22-2)20-18(25)21-19-10-14-6-7-16(17(9-14)23-3)24-12-15-5-4-8-26-15/h4-10,13H,11-12H2,1-3H3,(H2,20,21,25)/b19-10-/t13-/m1/s1. The van der Waals surface area contributed by atoms with Gasteiger partial charge in [-0.15, -0.1) is 11.3 Å². The Morgan fingerprint density at radius 2 is 2.15 bits per heavy atom. The van der Waals surface area contributed by atoms with Crippen LogP contribution in [0.4, 0.5) is 0 Å². The summed E-state index contributed by atoms with van der Waals surface area (Å²) in [6.07, 6.45) is 1.67. The molecule has 0 saturated heterocycles. The second-order valence-electron chi connectivity index (χ2n) is 5.48. The van der Waals surface area contributed by atoms with Gasteiger partial charge < -0.3 is 19.5 Å². The lowest BCUT2D eigenvalue weighted by atomic mass is 10.2. The maximum absolute atomic E-state index is 5.82. The van der Waals surface area contributed by atoms with Gasteiger partial charge in [-0.2, -0.15) is 5.10 Å². The van der Waals surface area contributed by atoms with Crippen molar-refractivity contribution in [1.29, 1.82) is 0 Å². The highest BCUT2D eigenvalue weighted by atomic mass is 32.1. The van der Waals surface area contributed by atoms with E-state index < -0.39 is 0 Å². The summed E-state index contributed by atoms with van der Waals surface area (Å²) < 4.78 is 16.3. The third kappa shape index (κ3) is 6.62. The highest BCUT2D eigenvalue weighted by Gasteiger charge is 2.06. The van der Waals surface area contributed by atoms with Crippen LogP contribution >= 0.6 is 23.6 Å². The number of ether oxygens (including phenoxy) is 3. The van der Waals surface area contributed by atoms with E-state index in [9.17, 15) is 0 Å². The highest BCUT2D eigenvalue weighted by Crippen LogP contribution is 2.28. The first-order valence-corrected chi connectivity index (χ1v) is 9.33. The fourth-order valence-corrected chi connectivity index (χ4v) is 3.01. The Morgan fingerprint density at radius 1 is 1.31 bits per heavy atom. The largest absolute Gasteiger partial charge is 0.493 e. The Morgan fingerprint density at radius 3 is 2.85 bits per heavy atom. The van der Waals surface area contributed by atoms with Crippen molar-refractivity contribution in [1.82, 2.24) is 10.7 Å². The second-order valence-corrected chi connectivity index (χ2v) is 6.92. The van der Waals surface area contributed by atoms with Gasteiger partial charge >= 0.3 is 0 Å². The Bertz CT molecular complexity index is 720. The second kappa shape index (κ2) is 10.7. The summed E-state index contributed by atoms with van der Waals surface area (Å²) in [7, 11) is 3.26. The topological polar surface area (TPSA) is 64.1 Å². The van der Waals surface area contributed by atoms with Crippen LogP contribution in [0.25, 0.3) is 0 Å². The van der Waals surface area contributed by atoms with Crippen molar-refractivity contribution in [3.63, 3.8) is 0 Å². The summed E-state index contributed by atoms with van der Waals surface area (Å²) in [4.78, 5) is 1.16. The lowest BCUT2D eigenvalue weighted by Gasteiger charge is -2.13. The zero-order valence-electron chi connectivity index (χ0n) is 15.0. The van der Waals surface area contributed by atoms with Gasteiger partial charge in [0.15, 0.2) is 16.6 Å². The van der Waals surface area contributed by atoms with E-state index >= 15 is 0 Å². The summed E-state index contributed by atoms with van der Waals surface area (Å²) >= 11 is 6.83. The maximum Gasteiger partial charge on any atom is 0.187 e. The summed E-state index contributed by atoms with van der Waals surface area (Å²) in [6.45, 7) is 3.05. The fourth-order valence-electron chi connectivity index (χ4n) is 2.14. The van der Waals surface area contributed by atoms with Crippen molar-refractivity contribution in [2.24, 2.45) is 5.10 Å². The Balaban J connectivity index is 1.90. The SMILES string of the molecule is COC[C@@H](C)NC(=S)N/N=C\c1ccc(OCc2cccs2)c(OC)c1. The smallest absolute Gasteiger partial charge is 0.187 e. The van der Waals surface area contributed by atoms with Crippen molar-refractivity contribution in [3.8, 4) is 11.5 Å². The molecule has 0 fully saturated rings. The van der Waals surface area contributed by atoms with Crippen LogP contribution in [0.5, 0.6) is 11.5 Å². The highest BCUT2D eigenvalue weighted by molar-refractivity contribution is 7.80. The molecule has 2 aromatic rings. The van der Waals surface area contributed by atoms with Crippen LogP contribution in [0.1, 0.15) is 17.4 Å². The molecule has 0 aliphatic rings. The monoisotopic (exact) mass is 393 g/mol. The van der Waals surface area contributed by atoms with Crippen LogP contribution < -0.4 is 20.2 Å². The molecule has 0 saturated carbocycles. The molecule has 2 N–H and O–H groups in total. The molecule has 0 aliphatic heterocycles. The Kier molecular flexibility index (Phi) is 8.33. The molecule has 8 heteroatoms. The van der Waals surface area contributed by atoms with Crippen molar-refractivity contribution in [3.05, 3.63) is 46.2 Å². The van der Waals surface area contributed by atoms with E-state index in [4.69, 9.17) is 26.4 Å². The number of nitrogens with zero attached hydrogens (tertiary/aromatic N) is 1. The number of hydrogen-bond donors (Lipinski definition) is 2. The number of nitrogens with one attached hydrogen (secondary N) is 2. The summed E-state index contributed by atoms with van der Waals surface area (Å²) in [6, 6.07) is 9.78. The zero-order chi connectivity index (χ0) is 18.8. The van der Waals surface area contributed by atoms with Gasteiger partial charge in [0.05, 0.1) is 19.9 Å². The van der Waals surface area contributed by atoms with Crippen molar-refractivity contribution >= 4 is 34.9 Å². The minimum Gasteiger partial charge on any atom is -0.493 e. The predicted molar refractivity (Wildman–Crippen MR) is 109 cm³/mol. The molecule has 6 nitrogen and oxygen atoms in total. The van der Waals surface area contributed by atoms with E-state index in [1.165, 1.54) is 0 Å². The molecule has 0 amide bonds. The average molecular weight is 394 g/mol. The van der Waals surface area contributed by atoms with Crippen LogP contribution in [0, 0.1) is 0 Å². The van der Waals surface area contributed by atoms with E-state index in [2.05, 4.69) is 15.8 Å². The van der Waals surface area contributed by atoms with Gasteiger partial charge in [0.25, 0.3) is 0 Å². The molecular formula is C18H23N3O3S2. The van der Waals surface area contributed by atoms with Gasteiger partial charge in [-0.1, -0.05) is 6.07 Å². The van der Waals surface area contributed by atoms with Gasteiger partial charge in [-0.3, -0.25) is 5.43 Å². The van der Waals surface area contributed by atoms with Crippen LogP contribution in [0.3, 0.4) is 0 Å². The molecule has 140 valence electrons. The van der Waals surface area contributed by atoms with E-state index in [0.717, 1.165) is 10.4 Å². The van der Waals surface area contributed by atoms with E-state index in [-0.39, 0.29) is 6.04 Å². The molecule has 0 spiro atoms. The lowest BCUT2D eigenvalue weighted by Crippen LogP contribution is -2.40. The van der Waals surface area contributed by atoms with Crippen molar-refractivity contribution < 1.29 is 14.2 Å². The molecule has 0 aliphatic carbocycles. The zero-order valence-corrected chi connectivity index (χ0v) is 16.7. The number of rotatable bonds is 9. The molecule has 1 aromatic heterocycles. The van der Waals surface area contributed by atoms with Gasteiger partial charge in [-0.05, 0) is 54.4 Å². The molecule has 26 heavy (non-hydrogen) atoms. The minimum atomic E-state index is 0.107. The third-order valence-corrected chi connectivity index (χ3v) is 4.37. The van der Waals surface area contributed by atoms with Crippen LogP contribution in [0.15, 0.2) is 40.8 Å². The minimum absolute atomic E-state index is 0.107. The number of thiophene rings is 1. The first-order valence-electron chi connectivity index (χ1n) is 8.04.